The maximum Gasteiger partial charge on any atom is 0.107 e. The van der Waals surface area contributed by atoms with Crippen LogP contribution in [0.15, 0.2) is 0 Å². The number of rotatable bonds is 0. The largest absolute Gasteiger partial charge is 0.119 e. The molecule has 19 radical (unpaired) electrons. The van der Waals surface area contributed by atoms with Crippen molar-refractivity contribution in [2.45, 2.75) is 31.9 Å². The van der Waals surface area contributed by atoms with Crippen LogP contribution in [-0.2, 0) is 0 Å². The van der Waals surface area contributed by atoms with Gasteiger partial charge in [-0.15, -0.1) is 26.1 Å². The Morgan fingerprint density at radius 3 is 1.50 bits per heavy atom. The van der Waals surface area contributed by atoms with Gasteiger partial charge in [0, 0.05) is 0 Å². The average molecular weight is 181 g/mol. The molecule has 16 heavy (non-hydrogen) atoms. The Kier molecular flexibility index (Phi) is 2.29. The third kappa shape index (κ3) is 1.02. The molecular formula is C6HB10. The van der Waals surface area contributed by atoms with Gasteiger partial charge in [0.1, 0.15) is 7.28 Å². The highest BCUT2D eigenvalue weighted by molar-refractivity contribution is 6.82. The van der Waals surface area contributed by atoms with E-state index in [2.05, 4.69) is 0 Å². The first-order chi connectivity index (χ1) is 6.84. The molecule has 1 aliphatic heterocycles. The Morgan fingerprint density at radius 1 is 0.625 bits per heavy atom. The highest BCUT2D eigenvalue weighted by Gasteiger charge is 2.73. The molecule has 10 heteroatoms. The van der Waals surface area contributed by atoms with Crippen molar-refractivity contribution in [2.75, 3.05) is 0 Å². The molecular weight excluding hydrogens is 180 g/mol. The smallest absolute Gasteiger partial charge is 0.107 e. The molecule has 0 aromatic heterocycles. The molecule has 1 heterocycles. The fourth-order valence-electron chi connectivity index (χ4n) is 2.47. The van der Waals surface area contributed by atoms with E-state index >= 15 is 0 Å². The van der Waals surface area contributed by atoms with Crippen LogP contribution < -0.4 is 0 Å². The quantitative estimate of drug-likeness (QED) is 0.366. The molecule has 2 atom stereocenters. The summed E-state index contributed by atoms with van der Waals surface area (Å²) in [6.07, 6.45) is 0. The Labute approximate surface area is 110 Å². The van der Waals surface area contributed by atoms with Crippen LogP contribution in [0, 0.1) is 0 Å². The van der Waals surface area contributed by atoms with Gasteiger partial charge in [-0.25, -0.2) is 0 Å². The van der Waals surface area contributed by atoms with Gasteiger partial charge in [-0.2, -0.15) is 0 Å². The Balaban J connectivity index is 2.61. The third-order valence-electron chi connectivity index (χ3n) is 4.16. The van der Waals surface area contributed by atoms with E-state index in [-0.39, 0.29) is 0 Å². The van der Waals surface area contributed by atoms with Crippen molar-refractivity contribution in [1.29, 1.82) is 0 Å². The fourth-order valence-corrected chi connectivity index (χ4v) is 2.47. The number of fused-ring (bicyclic) bond motifs is 1. The van der Waals surface area contributed by atoms with E-state index in [0.717, 1.165) is 0 Å². The molecule has 2 fully saturated rings. The topological polar surface area (TPSA) is 0 Å². The molecule has 0 aromatic carbocycles. The van der Waals surface area contributed by atoms with Crippen LogP contribution in [0.25, 0.3) is 0 Å². The van der Waals surface area contributed by atoms with Crippen LogP contribution in [0.2, 0.25) is 31.9 Å². The minimum Gasteiger partial charge on any atom is -0.119 e. The second-order valence-corrected chi connectivity index (χ2v) is 5.12. The van der Waals surface area contributed by atoms with Crippen LogP contribution in [0.5, 0.6) is 0 Å². The van der Waals surface area contributed by atoms with Crippen molar-refractivity contribution < 1.29 is 0 Å². The summed E-state index contributed by atoms with van der Waals surface area (Å²) >= 11 is 0. The Bertz CT molecular complexity index is 345. The van der Waals surface area contributed by atoms with Gasteiger partial charge in [-0.1, -0.05) is 5.82 Å². The molecule has 1 saturated heterocycles. The second-order valence-electron chi connectivity index (χ2n) is 5.12. The molecule has 0 bridgehead atoms. The average Bonchev–Trinajstić information content (AvgIpc) is 2.78. The van der Waals surface area contributed by atoms with Gasteiger partial charge in [-0.05, 0) is 0 Å². The summed E-state index contributed by atoms with van der Waals surface area (Å²) in [5, 5.41) is -8.21. The van der Waals surface area contributed by atoms with Crippen molar-refractivity contribution >= 4 is 77.9 Å². The highest BCUT2D eigenvalue weighted by atomic mass is 14.6. The van der Waals surface area contributed by atoms with E-state index in [1.165, 1.54) is 0 Å². The fraction of sp³-hybridized carbons (Fsp3) is 1.00. The third-order valence-corrected chi connectivity index (χ3v) is 4.16. The lowest BCUT2D eigenvalue weighted by Crippen LogP contribution is -2.55. The molecule has 2 aliphatic rings. The van der Waals surface area contributed by atoms with Crippen LogP contribution in [0.4, 0.5) is 0 Å². The van der Waals surface area contributed by atoms with E-state index in [9.17, 15) is 0 Å². The van der Waals surface area contributed by atoms with Crippen LogP contribution in [0.1, 0.15) is 0 Å². The molecule has 0 nitrogen and oxygen atoms in total. The summed E-state index contributed by atoms with van der Waals surface area (Å²) < 4.78 is 0. The predicted molar refractivity (Wildman–Crippen MR) is 74.8 cm³/mol. The summed E-state index contributed by atoms with van der Waals surface area (Å²) in [5.74, 6) is -0.537. The second kappa shape index (κ2) is 2.80. The van der Waals surface area contributed by atoms with Gasteiger partial charge < -0.3 is 0 Å². The molecule has 0 N–H and O–H groups in total. The lowest BCUT2D eigenvalue weighted by atomic mass is 9.05. The lowest BCUT2D eigenvalue weighted by molar-refractivity contribution is 0.400. The van der Waals surface area contributed by atoms with Gasteiger partial charge in [0.25, 0.3) is 0 Å². The van der Waals surface area contributed by atoms with E-state index in [1.807, 2.05) is 0 Å². The van der Waals surface area contributed by atoms with Crippen molar-refractivity contribution in [1.82, 2.24) is 0 Å². The Hall–Kier alpha value is 0.649. The zero-order valence-electron chi connectivity index (χ0n) is 8.85. The highest BCUT2D eigenvalue weighted by Crippen LogP contribution is 2.89. The van der Waals surface area contributed by atoms with E-state index in [0.29, 0.717) is 0 Å². The maximum atomic E-state index is 5.97. The van der Waals surface area contributed by atoms with Gasteiger partial charge in [0.05, 0.1) is 70.6 Å². The monoisotopic (exact) mass is 183 g/mol. The molecule has 2 rings (SSSR count). The van der Waals surface area contributed by atoms with Gasteiger partial charge >= 0.3 is 0 Å². The van der Waals surface area contributed by atoms with Crippen LogP contribution in [0.3, 0.4) is 0 Å². The molecule has 2 unspecified atom stereocenters. The van der Waals surface area contributed by atoms with Gasteiger partial charge in [0.2, 0.25) is 0 Å². The SMILES string of the molecule is [B]C1([B])C2[B]C2([B])C([B])([B])C([B])([B])C1([B])[B]. The molecule has 0 amide bonds. The molecule has 0 spiro atoms. The van der Waals surface area contributed by atoms with E-state index in [4.69, 9.17) is 70.6 Å². The van der Waals surface area contributed by atoms with Gasteiger partial charge in [0.15, 0.2) is 0 Å². The molecule has 55 valence electrons. The Morgan fingerprint density at radius 2 is 1.06 bits per heavy atom. The zero-order valence-corrected chi connectivity index (χ0v) is 8.85. The van der Waals surface area contributed by atoms with Crippen molar-refractivity contribution in [3.8, 4) is 0 Å². The standard InChI is InChI=1S/C6HB10/c7-2(8)1-3(9,16-1)5(12,13)6(14,15)4(2,10)11/h1H. The number of hydrogen-bond donors (Lipinski definition) is 0. The van der Waals surface area contributed by atoms with E-state index < -0.39 is 31.9 Å². The number of hydrogen-bond acceptors (Lipinski definition) is 0. The summed E-state index contributed by atoms with van der Waals surface area (Å²) in [6.45, 7) is 0. The summed E-state index contributed by atoms with van der Waals surface area (Å²) in [5.41, 5.74) is 0. The summed E-state index contributed by atoms with van der Waals surface area (Å²) in [7, 11) is 54.3. The maximum absolute atomic E-state index is 5.97. The zero-order chi connectivity index (χ0) is 12.8. The first-order valence-corrected chi connectivity index (χ1v) is 4.80. The molecule has 1 aliphatic carbocycles. The summed E-state index contributed by atoms with van der Waals surface area (Å²) in [4.78, 5) is 0. The molecule has 1 saturated carbocycles. The summed E-state index contributed by atoms with van der Waals surface area (Å²) in [6, 6.07) is 0. The van der Waals surface area contributed by atoms with Crippen LogP contribution >= 0.6 is 0 Å². The predicted octanol–water partition coefficient (Wildman–Crippen LogP) is -2.40. The van der Waals surface area contributed by atoms with Crippen molar-refractivity contribution in [3.05, 3.63) is 0 Å². The van der Waals surface area contributed by atoms with E-state index in [1.54, 1.807) is 7.28 Å². The van der Waals surface area contributed by atoms with Crippen molar-refractivity contribution in [2.24, 2.45) is 0 Å². The minimum atomic E-state index is -1.91. The minimum absolute atomic E-state index is 0.537. The first kappa shape index (κ1) is 13.1. The van der Waals surface area contributed by atoms with Crippen molar-refractivity contribution in [3.63, 3.8) is 0 Å². The first-order valence-electron chi connectivity index (χ1n) is 4.80. The normalized spacial score (nSPS) is 44.9. The lowest BCUT2D eigenvalue weighted by Gasteiger charge is -2.70. The van der Waals surface area contributed by atoms with Gasteiger partial charge in [-0.3, -0.25) is 0 Å². The van der Waals surface area contributed by atoms with Crippen LogP contribution in [-0.4, -0.2) is 77.9 Å². The molecule has 0 aromatic rings.